The van der Waals surface area contributed by atoms with Crippen molar-refractivity contribution in [3.63, 3.8) is 0 Å². The van der Waals surface area contributed by atoms with Gasteiger partial charge >= 0.3 is 0 Å². The number of piperidine rings is 1. The zero-order chi connectivity index (χ0) is 22.5. The van der Waals surface area contributed by atoms with Gasteiger partial charge in [-0.3, -0.25) is 4.90 Å². The number of β-amino-alcohol motifs (C(OH)–C–C–N with tert-alkyl or cyclic N) is 1. The van der Waals surface area contributed by atoms with Crippen molar-refractivity contribution in [3.8, 4) is 11.6 Å². The maximum absolute atomic E-state index is 9.71. The van der Waals surface area contributed by atoms with Crippen molar-refractivity contribution in [1.82, 2.24) is 24.6 Å². The Morgan fingerprint density at radius 3 is 2.55 bits per heavy atom. The molecule has 174 valence electrons. The Balaban J connectivity index is 1.32. The molecule has 0 amide bonds. The molecule has 3 aromatic rings. The molecule has 9 heteroatoms. The lowest BCUT2D eigenvalue weighted by Crippen LogP contribution is -2.51. The van der Waals surface area contributed by atoms with Crippen LogP contribution in [0, 0.1) is 6.92 Å². The molecule has 6 heterocycles. The lowest BCUT2D eigenvalue weighted by molar-refractivity contribution is -0.0713. The molecule has 1 N–H and O–H groups in total. The number of aliphatic hydroxyl groups excluding tert-OH is 1. The van der Waals surface area contributed by atoms with Gasteiger partial charge in [0.15, 0.2) is 5.65 Å². The fourth-order valence-corrected chi connectivity index (χ4v) is 5.16. The minimum absolute atomic E-state index is 0.303. The van der Waals surface area contributed by atoms with Crippen LogP contribution in [0.3, 0.4) is 0 Å². The van der Waals surface area contributed by atoms with Gasteiger partial charge in [-0.05, 0) is 44.5 Å². The first-order chi connectivity index (χ1) is 16.1. The number of ether oxygens (including phenoxy) is 2. The van der Waals surface area contributed by atoms with E-state index in [1.165, 1.54) is 11.3 Å². The molecular weight excluding hydrogens is 420 g/mol. The van der Waals surface area contributed by atoms with Crippen LogP contribution in [0.4, 0.5) is 5.82 Å². The van der Waals surface area contributed by atoms with Crippen LogP contribution in [-0.4, -0.2) is 88.4 Å². The number of aryl methyl sites for hydroxylation is 1. The molecule has 3 aliphatic rings. The SMILES string of the molecule is COc1cc(-n2ncc3cc(C)c(C4CCN(C5COC5)CC4)nc32)cc(N2CC(O)C2)n1. The minimum Gasteiger partial charge on any atom is -0.481 e. The van der Waals surface area contributed by atoms with Crippen LogP contribution in [0.1, 0.15) is 30.0 Å². The van der Waals surface area contributed by atoms with Crippen LogP contribution in [0.2, 0.25) is 0 Å². The summed E-state index contributed by atoms with van der Waals surface area (Å²) in [6.07, 6.45) is 3.81. The maximum atomic E-state index is 9.71. The predicted octanol–water partition coefficient (Wildman–Crippen LogP) is 1.89. The zero-order valence-electron chi connectivity index (χ0n) is 19.1. The number of nitrogens with zero attached hydrogens (tertiary/aromatic N) is 6. The molecule has 0 atom stereocenters. The largest absolute Gasteiger partial charge is 0.481 e. The number of anilines is 1. The van der Waals surface area contributed by atoms with Crippen LogP contribution < -0.4 is 9.64 Å². The summed E-state index contributed by atoms with van der Waals surface area (Å²) in [5, 5.41) is 15.4. The van der Waals surface area contributed by atoms with E-state index in [1.54, 1.807) is 7.11 Å². The molecule has 0 radical (unpaired) electrons. The highest BCUT2D eigenvalue weighted by Gasteiger charge is 2.31. The second-order valence-electron chi connectivity index (χ2n) is 9.45. The van der Waals surface area contributed by atoms with Crippen LogP contribution in [0.15, 0.2) is 24.4 Å². The van der Waals surface area contributed by atoms with Crippen molar-refractivity contribution in [3.05, 3.63) is 35.7 Å². The Kier molecular flexibility index (Phi) is 5.20. The summed E-state index contributed by atoms with van der Waals surface area (Å²) in [6.45, 7) is 7.27. The van der Waals surface area contributed by atoms with E-state index in [0.29, 0.717) is 30.9 Å². The second kappa shape index (κ2) is 8.23. The van der Waals surface area contributed by atoms with Crippen LogP contribution >= 0.6 is 0 Å². The van der Waals surface area contributed by atoms with Crippen LogP contribution in [0.5, 0.6) is 5.88 Å². The third kappa shape index (κ3) is 3.74. The van der Waals surface area contributed by atoms with Gasteiger partial charge in [0.1, 0.15) is 5.82 Å². The maximum Gasteiger partial charge on any atom is 0.217 e. The van der Waals surface area contributed by atoms with E-state index >= 15 is 0 Å². The molecule has 6 rings (SSSR count). The minimum atomic E-state index is -0.303. The van der Waals surface area contributed by atoms with Crippen LogP contribution in [-0.2, 0) is 4.74 Å². The Hall–Kier alpha value is -2.75. The number of methoxy groups -OCH3 is 1. The Morgan fingerprint density at radius 2 is 1.88 bits per heavy atom. The van der Waals surface area contributed by atoms with Crippen molar-refractivity contribution in [2.75, 3.05) is 51.4 Å². The fourth-order valence-electron chi connectivity index (χ4n) is 5.16. The van der Waals surface area contributed by atoms with E-state index in [2.05, 4.69) is 28.0 Å². The number of aliphatic hydroxyl groups is 1. The highest BCUT2D eigenvalue weighted by atomic mass is 16.5. The summed E-state index contributed by atoms with van der Waals surface area (Å²) in [7, 11) is 1.61. The average molecular weight is 451 g/mol. The van der Waals surface area contributed by atoms with Gasteiger partial charge in [-0.25, -0.2) is 9.67 Å². The average Bonchev–Trinajstić information content (AvgIpc) is 3.18. The van der Waals surface area contributed by atoms with Gasteiger partial charge in [0.25, 0.3) is 0 Å². The van der Waals surface area contributed by atoms with Crippen molar-refractivity contribution in [2.45, 2.75) is 37.8 Å². The third-order valence-corrected chi connectivity index (χ3v) is 7.24. The molecule has 33 heavy (non-hydrogen) atoms. The summed E-state index contributed by atoms with van der Waals surface area (Å²) in [4.78, 5) is 14.3. The van der Waals surface area contributed by atoms with Crippen molar-refractivity contribution in [1.29, 1.82) is 0 Å². The van der Waals surface area contributed by atoms with Gasteiger partial charge in [0.05, 0.1) is 44.4 Å². The molecule has 3 saturated heterocycles. The fraction of sp³-hybridized carbons (Fsp3) is 0.542. The van der Waals surface area contributed by atoms with Gasteiger partial charge in [-0.2, -0.15) is 10.1 Å². The summed E-state index contributed by atoms with van der Waals surface area (Å²) in [5.74, 6) is 1.75. The van der Waals surface area contributed by atoms with Gasteiger partial charge in [-0.15, -0.1) is 0 Å². The first-order valence-electron chi connectivity index (χ1n) is 11.8. The molecule has 0 unspecified atom stereocenters. The van der Waals surface area contributed by atoms with E-state index in [1.807, 2.05) is 27.9 Å². The molecular formula is C24H30N6O3. The van der Waals surface area contributed by atoms with E-state index in [9.17, 15) is 5.11 Å². The number of aromatic nitrogens is 4. The second-order valence-corrected chi connectivity index (χ2v) is 9.45. The number of hydrogen-bond acceptors (Lipinski definition) is 8. The van der Waals surface area contributed by atoms with E-state index in [4.69, 9.17) is 14.5 Å². The summed E-state index contributed by atoms with van der Waals surface area (Å²) in [6, 6.07) is 6.68. The highest BCUT2D eigenvalue weighted by molar-refractivity contribution is 5.78. The number of rotatable bonds is 5. The van der Waals surface area contributed by atoms with Crippen molar-refractivity contribution in [2.24, 2.45) is 0 Å². The highest BCUT2D eigenvalue weighted by Crippen LogP contribution is 2.33. The monoisotopic (exact) mass is 450 g/mol. The lowest BCUT2D eigenvalue weighted by atomic mass is 9.89. The molecule has 0 aliphatic carbocycles. The van der Waals surface area contributed by atoms with Crippen molar-refractivity contribution < 1.29 is 14.6 Å². The van der Waals surface area contributed by atoms with Crippen LogP contribution in [0.25, 0.3) is 16.7 Å². The first kappa shape index (κ1) is 20.8. The van der Waals surface area contributed by atoms with Crippen molar-refractivity contribution >= 4 is 16.9 Å². The number of pyridine rings is 2. The molecule has 3 fully saturated rings. The molecule has 3 aromatic heterocycles. The normalized spacial score (nSPS) is 20.8. The summed E-state index contributed by atoms with van der Waals surface area (Å²) in [5.41, 5.74) is 4.12. The van der Waals surface area contributed by atoms with Gasteiger partial charge in [-0.1, -0.05) is 0 Å². The number of hydrogen-bond donors (Lipinski definition) is 1. The topological polar surface area (TPSA) is 88.8 Å². The van der Waals surface area contributed by atoms with E-state index in [-0.39, 0.29) is 6.10 Å². The Morgan fingerprint density at radius 1 is 1.09 bits per heavy atom. The van der Waals surface area contributed by atoms with E-state index < -0.39 is 0 Å². The first-order valence-corrected chi connectivity index (χ1v) is 11.8. The Labute approximate surface area is 192 Å². The molecule has 0 spiro atoms. The van der Waals surface area contributed by atoms with E-state index in [0.717, 1.165) is 61.7 Å². The molecule has 0 saturated carbocycles. The van der Waals surface area contributed by atoms with Gasteiger partial charge in [0, 0.05) is 42.2 Å². The summed E-state index contributed by atoms with van der Waals surface area (Å²) >= 11 is 0. The lowest BCUT2D eigenvalue weighted by Gasteiger charge is -2.41. The Bertz CT molecular complexity index is 1160. The number of fused-ring (bicyclic) bond motifs is 1. The predicted molar refractivity (Wildman–Crippen MR) is 124 cm³/mol. The summed E-state index contributed by atoms with van der Waals surface area (Å²) < 4.78 is 12.7. The molecule has 9 nitrogen and oxygen atoms in total. The number of likely N-dealkylation sites (tertiary alicyclic amines) is 1. The third-order valence-electron chi connectivity index (χ3n) is 7.24. The quantitative estimate of drug-likeness (QED) is 0.631. The smallest absolute Gasteiger partial charge is 0.217 e. The molecule has 0 aromatic carbocycles. The zero-order valence-corrected chi connectivity index (χ0v) is 19.1. The van der Waals surface area contributed by atoms with Gasteiger partial charge < -0.3 is 19.5 Å². The molecule has 0 bridgehead atoms. The molecule has 3 aliphatic heterocycles. The standard InChI is InChI=1S/C24H30N6O3/c1-15-7-17-10-25-30(18-8-21(26-22(9-18)32-2)29-11-20(31)12-29)24(17)27-23(15)16-3-5-28(6-4-16)19-13-33-14-19/h7-10,16,19-20,31H,3-6,11-14H2,1-2H3. The van der Waals surface area contributed by atoms with Gasteiger partial charge in [0.2, 0.25) is 5.88 Å².